The van der Waals surface area contributed by atoms with Crippen LogP contribution in [-0.4, -0.2) is 49.1 Å². The van der Waals surface area contributed by atoms with E-state index >= 15 is 0 Å². The van der Waals surface area contributed by atoms with Crippen LogP contribution in [0.15, 0.2) is 48.5 Å². The van der Waals surface area contributed by atoms with Gasteiger partial charge in [-0.15, -0.1) is 0 Å². The lowest BCUT2D eigenvalue weighted by Crippen LogP contribution is -2.38. The Labute approximate surface area is 203 Å². The van der Waals surface area contributed by atoms with Crippen molar-refractivity contribution < 1.29 is 22.8 Å². The molecule has 35 heavy (non-hydrogen) atoms. The van der Waals surface area contributed by atoms with Crippen LogP contribution in [0.3, 0.4) is 0 Å². The number of likely N-dealkylation sites (tertiary alicyclic amines) is 1. The van der Waals surface area contributed by atoms with Crippen LogP contribution in [0.5, 0.6) is 0 Å². The van der Waals surface area contributed by atoms with Crippen LogP contribution >= 0.6 is 0 Å². The Hall–Kier alpha value is -3.23. The lowest BCUT2D eigenvalue weighted by Gasteiger charge is -2.34. The Balaban J connectivity index is 1.24. The Kier molecular flexibility index (Phi) is 7.52. The molecule has 1 unspecified atom stereocenters. The SMILES string of the molecule is CC(=O)N1CCC(C(=O)NCc2ccc(Nc3ccc(N4CCC(C(F)(F)F)CC4)cc3)cc2)C1. The van der Waals surface area contributed by atoms with Gasteiger partial charge in [0.05, 0.1) is 11.8 Å². The second kappa shape index (κ2) is 10.6. The number of amides is 2. The molecule has 2 aliphatic rings. The van der Waals surface area contributed by atoms with Crippen molar-refractivity contribution in [2.24, 2.45) is 11.8 Å². The summed E-state index contributed by atoms with van der Waals surface area (Å²) >= 11 is 0. The van der Waals surface area contributed by atoms with E-state index in [4.69, 9.17) is 0 Å². The highest BCUT2D eigenvalue weighted by atomic mass is 19.4. The summed E-state index contributed by atoms with van der Waals surface area (Å²) in [4.78, 5) is 27.5. The standard InChI is InChI=1S/C26H31F3N4O2/c1-18(34)33-13-10-20(17-33)25(35)30-16-19-2-4-22(5-3-19)31-23-6-8-24(9-7-23)32-14-11-21(12-15-32)26(27,28)29/h2-9,20-21,31H,10-17H2,1H3,(H,30,35). The third kappa shape index (κ3) is 6.46. The van der Waals surface area contributed by atoms with Gasteiger partial charge >= 0.3 is 6.18 Å². The van der Waals surface area contributed by atoms with E-state index in [1.54, 1.807) is 4.90 Å². The Morgan fingerprint density at radius 3 is 2.06 bits per heavy atom. The summed E-state index contributed by atoms with van der Waals surface area (Å²) in [6.45, 7) is 3.87. The minimum Gasteiger partial charge on any atom is -0.372 e. The molecule has 2 heterocycles. The normalized spacial score (nSPS) is 19.0. The lowest BCUT2D eigenvalue weighted by molar-refractivity contribution is -0.179. The number of carbonyl (C=O) groups excluding carboxylic acids is 2. The first-order valence-electron chi connectivity index (χ1n) is 12.0. The number of rotatable bonds is 6. The molecule has 0 aromatic heterocycles. The van der Waals surface area contributed by atoms with Crippen molar-refractivity contribution in [1.29, 1.82) is 0 Å². The van der Waals surface area contributed by atoms with Crippen molar-refractivity contribution in [3.05, 3.63) is 54.1 Å². The molecule has 2 saturated heterocycles. The molecule has 0 aliphatic carbocycles. The first kappa shape index (κ1) is 24.9. The number of piperidine rings is 1. The van der Waals surface area contributed by atoms with Gasteiger partial charge in [0.2, 0.25) is 11.8 Å². The van der Waals surface area contributed by atoms with E-state index in [-0.39, 0.29) is 30.6 Å². The second-order valence-electron chi connectivity index (χ2n) is 9.34. The minimum atomic E-state index is -4.10. The number of hydrogen-bond acceptors (Lipinski definition) is 4. The van der Waals surface area contributed by atoms with E-state index in [0.29, 0.717) is 39.1 Å². The van der Waals surface area contributed by atoms with Gasteiger partial charge in [-0.3, -0.25) is 9.59 Å². The zero-order valence-corrected chi connectivity index (χ0v) is 19.8. The molecule has 2 fully saturated rings. The highest BCUT2D eigenvalue weighted by molar-refractivity contribution is 5.81. The summed E-state index contributed by atoms with van der Waals surface area (Å²) in [5, 5.41) is 6.27. The molecular formula is C26H31F3N4O2. The Morgan fingerprint density at radius 2 is 1.51 bits per heavy atom. The topological polar surface area (TPSA) is 64.7 Å². The fraction of sp³-hybridized carbons (Fsp3) is 0.462. The molecular weight excluding hydrogens is 457 g/mol. The van der Waals surface area contributed by atoms with Crippen LogP contribution < -0.4 is 15.5 Å². The number of halogens is 3. The minimum absolute atomic E-state index is 0.00333. The lowest BCUT2D eigenvalue weighted by atomic mass is 9.96. The highest BCUT2D eigenvalue weighted by Gasteiger charge is 2.41. The summed E-state index contributed by atoms with van der Waals surface area (Å²) < 4.78 is 38.6. The smallest absolute Gasteiger partial charge is 0.372 e. The molecule has 2 aliphatic heterocycles. The maximum atomic E-state index is 12.9. The van der Waals surface area contributed by atoms with Crippen LogP contribution in [0.4, 0.5) is 30.2 Å². The van der Waals surface area contributed by atoms with E-state index in [9.17, 15) is 22.8 Å². The Morgan fingerprint density at radius 1 is 0.914 bits per heavy atom. The number of benzene rings is 2. The third-order valence-corrected chi connectivity index (χ3v) is 6.90. The van der Waals surface area contributed by atoms with E-state index in [1.807, 2.05) is 53.4 Å². The molecule has 1 atom stereocenters. The fourth-order valence-electron chi connectivity index (χ4n) is 4.69. The van der Waals surface area contributed by atoms with Crippen molar-refractivity contribution in [3.63, 3.8) is 0 Å². The fourth-order valence-corrected chi connectivity index (χ4v) is 4.69. The maximum absolute atomic E-state index is 12.9. The first-order chi connectivity index (χ1) is 16.7. The van der Waals surface area contributed by atoms with E-state index in [1.165, 1.54) is 6.92 Å². The van der Waals surface area contributed by atoms with Gasteiger partial charge < -0.3 is 20.4 Å². The van der Waals surface area contributed by atoms with E-state index < -0.39 is 12.1 Å². The van der Waals surface area contributed by atoms with Gasteiger partial charge in [0.25, 0.3) is 0 Å². The van der Waals surface area contributed by atoms with Crippen molar-refractivity contribution in [1.82, 2.24) is 10.2 Å². The van der Waals surface area contributed by atoms with Crippen molar-refractivity contribution in [2.45, 2.75) is 38.9 Å². The van der Waals surface area contributed by atoms with Gasteiger partial charge in [0.15, 0.2) is 0 Å². The summed E-state index contributed by atoms with van der Waals surface area (Å²) in [5.74, 6) is -1.38. The van der Waals surface area contributed by atoms with Gasteiger partial charge in [-0.2, -0.15) is 13.2 Å². The average Bonchev–Trinajstić information content (AvgIpc) is 3.35. The molecule has 0 spiro atoms. The number of hydrogen-bond donors (Lipinski definition) is 2. The molecule has 6 nitrogen and oxygen atoms in total. The van der Waals surface area contributed by atoms with E-state index in [2.05, 4.69) is 10.6 Å². The predicted molar refractivity (Wildman–Crippen MR) is 129 cm³/mol. The monoisotopic (exact) mass is 488 g/mol. The largest absolute Gasteiger partial charge is 0.391 e. The molecule has 2 N–H and O–H groups in total. The highest BCUT2D eigenvalue weighted by Crippen LogP contribution is 2.35. The summed E-state index contributed by atoms with van der Waals surface area (Å²) in [6, 6.07) is 15.5. The quantitative estimate of drug-likeness (QED) is 0.619. The van der Waals surface area contributed by atoms with Crippen molar-refractivity contribution >= 4 is 28.9 Å². The summed E-state index contributed by atoms with van der Waals surface area (Å²) in [6.07, 6.45) is -3.14. The van der Waals surface area contributed by atoms with Gasteiger partial charge in [0.1, 0.15) is 0 Å². The van der Waals surface area contributed by atoms with Crippen molar-refractivity contribution in [2.75, 3.05) is 36.4 Å². The van der Waals surface area contributed by atoms with Gasteiger partial charge in [-0.1, -0.05) is 12.1 Å². The van der Waals surface area contributed by atoms with Crippen molar-refractivity contribution in [3.8, 4) is 0 Å². The number of alkyl halides is 3. The molecule has 0 radical (unpaired) electrons. The number of anilines is 3. The molecule has 188 valence electrons. The average molecular weight is 489 g/mol. The summed E-state index contributed by atoms with van der Waals surface area (Å²) in [7, 11) is 0. The Bertz CT molecular complexity index is 1020. The zero-order valence-electron chi connectivity index (χ0n) is 19.8. The summed E-state index contributed by atoms with van der Waals surface area (Å²) in [5.41, 5.74) is 3.68. The number of nitrogens with zero attached hydrogens (tertiary/aromatic N) is 2. The van der Waals surface area contributed by atoms with Gasteiger partial charge in [-0.05, 0) is 61.2 Å². The number of nitrogens with one attached hydrogen (secondary N) is 2. The van der Waals surface area contributed by atoms with Crippen LogP contribution in [0.25, 0.3) is 0 Å². The maximum Gasteiger partial charge on any atom is 0.391 e. The molecule has 2 aromatic carbocycles. The van der Waals surface area contributed by atoms with Gasteiger partial charge in [0, 0.05) is 56.7 Å². The van der Waals surface area contributed by atoms with Crippen LogP contribution in [0.1, 0.15) is 31.7 Å². The molecule has 4 rings (SSSR count). The van der Waals surface area contributed by atoms with Crippen LogP contribution in [-0.2, 0) is 16.1 Å². The molecule has 9 heteroatoms. The van der Waals surface area contributed by atoms with Gasteiger partial charge in [-0.25, -0.2) is 0 Å². The second-order valence-corrected chi connectivity index (χ2v) is 9.34. The number of carbonyl (C=O) groups is 2. The van der Waals surface area contributed by atoms with Crippen LogP contribution in [0, 0.1) is 11.8 Å². The van der Waals surface area contributed by atoms with E-state index in [0.717, 1.165) is 22.6 Å². The zero-order chi connectivity index (χ0) is 25.0. The third-order valence-electron chi connectivity index (χ3n) is 6.90. The molecule has 2 amide bonds. The molecule has 0 bridgehead atoms. The molecule has 2 aromatic rings. The first-order valence-corrected chi connectivity index (χ1v) is 12.0. The molecule has 0 saturated carbocycles. The predicted octanol–water partition coefficient (Wildman–Crippen LogP) is 4.69. The van der Waals surface area contributed by atoms with Crippen LogP contribution in [0.2, 0.25) is 0 Å².